The average Bonchev–Trinajstić information content (AvgIpc) is 2.36. The number of nitrogens with zero attached hydrogens (tertiary/aromatic N) is 1. The number of likely N-dealkylation sites (tertiary alicyclic amines) is 1. The third kappa shape index (κ3) is 3.23. The molecule has 1 atom stereocenters. The van der Waals surface area contributed by atoms with E-state index in [-0.39, 0.29) is 23.8 Å². The van der Waals surface area contributed by atoms with Gasteiger partial charge in [0, 0.05) is 25.4 Å². The van der Waals surface area contributed by atoms with Gasteiger partial charge < -0.3 is 0 Å². The van der Waals surface area contributed by atoms with Crippen LogP contribution in [0.3, 0.4) is 0 Å². The molecule has 0 radical (unpaired) electrons. The summed E-state index contributed by atoms with van der Waals surface area (Å²) in [6.07, 6.45) is 0.403. The molecule has 102 valence electrons. The molecule has 0 aromatic heterocycles. The van der Waals surface area contributed by atoms with Crippen LogP contribution in [0.15, 0.2) is 18.2 Å². The predicted molar refractivity (Wildman–Crippen MR) is 65.9 cm³/mol. The summed E-state index contributed by atoms with van der Waals surface area (Å²) in [7, 11) is 0. The lowest BCUT2D eigenvalue weighted by molar-refractivity contribution is -0.125. The molecule has 19 heavy (non-hydrogen) atoms. The van der Waals surface area contributed by atoms with Crippen molar-refractivity contribution in [2.24, 2.45) is 5.92 Å². The van der Waals surface area contributed by atoms with E-state index in [1.807, 2.05) is 6.92 Å². The third-order valence-electron chi connectivity index (χ3n) is 3.35. The Morgan fingerprint density at radius 3 is 2.84 bits per heavy atom. The van der Waals surface area contributed by atoms with Gasteiger partial charge in [-0.05, 0) is 18.2 Å². The Labute approximate surface area is 110 Å². The smallest absolute Gasteiger partial charge is 0.179 e. The van der Waals surface area contributed by atoms with Gasteiger partial charge in [-0.1, -0.05) is 6.92 Å². The van der Waals surface area contributed by atoms with Gasteiger partial charge in [0.15, 0.2) is 5.78 Å². The zero-order valence-corrected chi connectivity index (χ0v) is 10.7. The van der Waals surface area contributed by atoms with Crippen LogP contribution in [0.2, 0.25) is 0 Å². The van der Waals surface area contributed by atoms with Gasteiger partial charge in [0.25, 0.3) is 0 Å². The van der Waals surface area contributed by atoms with Crippen molar-refractivity contribution in [3.63, 3.8) is 0 Å². The second-order valence-corrected chi connectivity index (χ2v) is 4.90. The molecule has 1 saturated heterocycles. The fourth-order valence-electron chi connectivity index (χ4n) is 2.24. The van der Waals surface area contributed by atoms with Crippen LogP contribution in [0.1, 0.15) is 23.7 Å². The van der Waals surface area contributed by atoms with Gasteiger partial charge in [-0.3, -0.25) is 14.5 Å². The van der Waals surface area contributed by atoms with Crippen molar-refractivity contribution in [3.8, 4) is 0 Å². The first-order valence-electron chi connectivity index (χ1n) is 6.20. The van der Waals surface area contributed by atoms with Gasteiger partial charge in [0.05, 0.1) is 12.1 Å². The van der Waals surface area contributed by atoms with E-state index in [9.17, 15) is 18.4 Å². The van der Waals surface area contributed by atoms with Crippen molar-refractivity contribution in [1.29, 1.82) is 0 Å². The molecule has 1 aromatic rings. The summed E-state index contributed by atoms with van der Waals surface area (Å²) in [6, 6.07) is 2.84. The highest BCUT2D eigenvalue weighted by Crippen LogP contribution is 2.15. The first kappa shape index (κ1) is 13.8. The van der Waals surface area contributed by atoms with E-state index in [1.165, 1.54) is 0 Å². The number of ketones is 2. The molecule has 0 N–H and O–H groups in total. The first-order valence-corrected chi connectivity index (χ1v) is 6.20. The van der Waals surface area contributed by atoms with Crippen molar-refractivity contribution in [1.82, 2.24) is 4.90 Å². The Morgan fingerprint density at radius 2 is 2.16 bits per heavy atom. The van der Waals surface area contributed by atoms with Gasteiger partial charge in [-0.2, -0.15) is 0 Å². The maximum atomic E-state index is 13.5. The second-order valence-electron chi connectivity index (χ2n) is 4.90. The topological polar surface area (TPSA) is 37.4 Å². The fourth-order valence-corrected chi connectivity index (χ4v) is 2.24. The summed E-state index contributed by atoms with van der Waals surface area (Å²) in [6.45, 7) is 2.80. The van der Waals surface area contributed by atoms with E-state index < -0.39 is 17.4 Å². The van der Waals surface area contributed by atoms with Gasteiger partial charge in [-0.15, -0.1) is 0 Å². The molecule has 0 bridgehead atoms. The van der Waals surface area contributed by atoms with E-state index in [2.05, 4.69) is 0 Å². The molecule has 1 aromatic carbocycles. The molecule has 3 nitrogen and oxygen atoms in total. The molecule has 1 aliphatic heterocycles. The number of hydrogen-bond donors (Lipinski definition) is 0. The monoisotopic (exact) mass is 267 g/mol. The van der Waals surface area contributed by atoms with Crippen molar-refractivity contribution in [3.05, 3.63) is 35.4 Å². The van der Waals surface area contributed by atoms with E-state index in [1.54, 1.807) is 4.90 Å². The number of piperidine rings is 1. The highest BCUT2D eigenvalue weighted by Gasteiger charge is 2.25. The number of carbonyl (C=O) groups is 2. The Bertz CT molecular complexity index is 516. The molecule has 0 saturated carbocycles. The minimum Gasteiger partial charge on any atom is -0.299 e. The standard InChI is InChI=1S/C14H15F2NO2/c1-9-7-17(5-4-13(9)18)8-14(19)11-6-10(15)2-3-12(11)16/h2-3,6,9H,4-5,7-8H2,1H3. The van der Waals surface area contributed by atoms with E-state index in [4.69, 9.17) is 0 Å². The van der Waals surface area contributed by atoms with Gasteiger partial charge >= 0.3 is 0 Å². The largest absolute Gasteiger partial charge is 0.299 e. The molecule has 1 aliphatic rings. The van der Waals surface area contributed by atoms with Crippen LogP contribution in [0.4, 0.5) is 8.78 Å². The Balaban J connectivity index is 2.05. The van der Waals surface area contributed by atoms with Gasteiger partial charge in [0.2, 0.25) is 0 Å². The van der Waals surface area contributed by atoms with Crippen LogP contribution in [-0.2, 0) is 4.79 Å². The molecule has 0 spiro atoms. The maximum absolute atomic E-state index is 13.5. The summed E-state index contributed by atoms with van der Waals surface area (Å²) >= 11 is 0. The maximum Gasteiger partial charge on any atom is 0.179 e. The normalized spacial score (nSPS) is 20.6. The number of rotatable bonds is 3. The molecule has 1 fully saturated rings. The Kier molecular flexibility index (Phi) is 4.04. The summed E-state index contributed by atoms with van der Waals surface area (Å²) in [4.78, 5) is 25.1. The van der Waals surface area contributed by atoms with Gasteiger partial charge in [-0.25, -0.2) is 8.78 Å². The average molecular weight is 267 g/mol. The summed E-state index contributed by atoms with van der Waals surface area (Å²) < 4.78 is 26.5. The third-order valence-corrected chi connectivity index (χ3v) is 3.35. The number of benzene rings is 1. The van der Waals surface area contributed by atoms with Crippen LogP contribution in [0.5, 0.6) is 0 Å². The lowest BCUT2D eigenvalue weighted by Crippen LogP contribution is -2.42. The van der Waals surface area contributed by atoms with Crippen molar-refractivity contribution < 1.29 is 18.4 Å². The highest BCUT2D eigenvalue weighted by molar-refractivity contribution is 5.98. The number of carbonyl (C=O) groups excluding carboxylic acids is 2. The molecule has 5 heteroatoms. The molecule has 0 aliphatic carbocycles. The number of Topliss-reactive ketones (excluding diaryl/α,β-unsaturated/α-hetero) is 2. The van der Waals surface area contributed by atoms with Crippen LogP contribution < -0.4 is 0 Å². The number of hydrogen-bond acceptors (Lipinski definition) is 3. The van der Waals surface area contributed by atoms with Crippen molar-refractivity contribution in [2.45, 2.75) is 13.3 Å². The SMILES string of the molecule is CC1CN(CC(=O)c2cc(F)ccc2F)CCC1=O. The molecular weight excluding hydrogens is 252 g/mol. The zero-order chi connectivity index (χ0) is 14.0. The summed E-state index contributed by atoms with van der Waals surface area (Å²) in [5.41, 5.74) is -0.232. The molecule has 0 amide bonds. The molecule has 1 unspecified atom stereocenters. The molecular formula is C14H15F2NO2. The lowest BCUT2D eigenvalue weighted by atomic mass is 9.98. The van der Waals surface area contributed by atoms with Crippen molar-refractivity contribution in [2.75, 3.05) is 19.6 Å². The van der Waals surface area contributed by atoms with Crippen molar-refractivity contribution >= 4 is 11.6 Å². The van der Waals surface area contributed by atoms with Gasteiger partial charge in [0.1, 0.15) is 17.4 Å². The molecule has 1 heterocycles. The zero-order valence-electron chi connectivity index (χ0n) is 10.7. The van der Waals surface area contributed by atoms with E-state index in [0.717, 1.165) is 18.2 Å². The number of halogens is 2. The molecule has 2 rings (SSSR count). The van der Waals surface area contributed by atoms with E-state index in [0.29, 0.717) is 19.5 Å². The lowest BCUT2D eigenvalue weighted by Gasteiger charge is -2.29. The summed E-state index contributed by atoms with van der Waals surface area (Å²) in [5.74, 6) is -1.74. The Hall–Kier alpha value is -1.62. The van der Waals surface area contributed by atoms with E-state index >= 15 is 0 Å². The quantitative estimate of drug-likeness (QED) is 0.787. The summed E-state index contributed by atoms with van der Waals surface area (Å²) in [5, 5.41) is 0. The minimum atomic E-state index is -0.715. The predicted octanol–water partition coefficient (Wildman–Crippen LogP) is 2.06. The van der Waals surface area contributed by atoms with Crippen LogP contribution >= 0.6 is 0 Å². The van der Waals surface area contributed by atoms with Crippen LogP contribution in [0, 0.1) is 17.6 Å². The highest BCUT2D eigenvalue weighted by atomic mass is 19.1. The Morgan fingerprint density at radius 1 is 1.42 bits per heavy atom. The van der Waals surface area contributed by atoms with Crippen LogP contribution in [0.25, 0.3) is 0 Å². The van der Waals surface area contributed by atoms with Crippen LogP contribution in [-0.4, -0.2) is 36.1 Å². The first-order chi connectivity index (χ1) is 8.97. The second kappa shape index (κ2) is 5.57. The minimum absolute atomic E-state index is 0.0119. The fraction of sp³-hybridized carbons (Fsp3) is 0.429.